The van der Waals surface area contributed by atoms with Crippen molar-refractivity contribution in [2.75, 3.05) is 0 Å². The summed E-state index contributed by atoms with van der Waals surface area (Å²) in [6.45, 7) is 0. The summed E-state index contributed by atoms with van der Waals surface area (Å²) < 4.78 is 0. The van der Waals surface area contributed by atoms with Crippen LogP contribution in [0.15, 0.2) is 0 Å². The molecule has 9 heavy (non-hydrogen) atoms. The average Bonchev–Trinajstić information content (AvgIpc) is 0. The minimum absolute atomic E-state index is 0. The van der Waals surface area contributed by atoms with E-state index < -0.39 is 0 Å². The Balaban J connectivity index is 0. The van der Waals surface area contributed by atoms with E-state index in [0.29, 0.717) is 0 Å². The third kappa shape index (κ3) is 64.9. The molecule has 0 aromatic heterocycles. The standard InChI is InChI=1S/Ag.Au.BH3.Cu.Fe.In.Ni.H4Si.Zn.3H/h;;1H3;;;;;1H4;;;;. The molecule has 0 spiro atoms. The van der Waals surface area contributed by atoms with Gasteiger partial charge in [-0.05, 0) is 11.0 Å². The molecule has 0 aliphatic rings. The second-order valence-corrected chi connectivity index (χ2v) is 0. The van der Waals surface area contributed by atoms with Crippen molar-refractivity contribution in [3.63, 3.8) is 0 Å². The van der Waals surface area contributed by atoms with Gasteiger partial charge in [0.25, 0.3) is 0 Å². The molecule has 0 bridgehead atoms. The van der Waals surface area contributed by atoms with Gasteiger partial charge in [-0.3, -0.25) is 0 Å². The Bertz CT molecular complexity index is 28.5. The molecule has 0 aliphatic heterocycles. The Morgan fingerprint density at radius 2 is 1.00 bits per heavy atom. The Labute approximate surface area is 157 Å². The van der Waals surface area contributed by atoms with E-state index in [0.717, 1.165) is 0 Å². The fourth-order valence-corrected chi connectivity index (χ4v) is 0. The molecule has 0 aromatic carbocycles. The molecule has 0 aromatic rings. The summed E-state index contributed by atoms with van der Waals surface area (Å²) >= 11 is 0. The van der Waals surface area contributed by atoms with Crippen molar-refractivity contribution in [1.29, 1.82) is 0 Å². The van der Waals surface area contributed by atoms with Gasteiger partial charge in [-0.2, -0.15) is 0 Å². The van der Waals surface area contributed by atoms with E-state index in [1.165, 1.54) is 0 Å². The van der Waals surface area contributed by atoms with Gasteiger partial charge in [0.15, 0.2) is 0 Å². The maximum Gasteiger partial charge on any atom is 0 e. The van der Waals surface area contributed by atoms with E-state index in [9.17, 15) is 0 Å². The van der Waals surface area contributed by atoms with Gasteiger partial charge in [0.1, 0.15) is 0 Å². The number of hydrogen-bond donors (Lipinski definition) is 0. The molecule has 0 atom stereocenters. The third-order valence-electron chi connectivity index (χ3n) is 0. The summed E-state index contributed by atoms with van der Waals surface area (Å²) in [4.78, 5) is 0. The molecule has 0 nitrogen and oxygen atoms in total. The van der Waals surface area contributed by atoms with E-state index >= 15 is 0 Å². The van der Waals surface area contributed by atoms with Crippen LogP contribution in [0, 0.1) is 0 Å². The number of rotatable bonds is 0. The molecule has 3 radical (unpaired) electrons. The van der Waals surface area contributed by atoms with Gasteiger partial charge in [0.05, 0.1) is 8.41 Å². The molecule has 0 unspecified atom stereocenters. The largest absolute Gasteiger partial charge is 0.0149 e. The first-order chi connectivity index (χ1) is 0. The molecule has 0 saturated heterocycles. The second-order valence-electron chi connectivity index (χ2n) is 0. The summed E-state index contributed by atoms with van der Waals surface area (Å²) in [5.41, 5.74) is 0. The molecule has 0 aliphatic carbocycles. The normalized spacial score (nSPS) is 0. The van der Waals surface area contributed by atoms with Gasteiger partial charge in [-0.15, -0.1) is 0 Å². The molecule has 9 heteroatoms. The third-order valence-corrected chi connectivity index (χ3v) is 0. The van der Waals surface area contributed by atoms with Gasteiger partial charge in [0.2, 0.25) is 0 Å². The first kappa shape index (κ1) is 98.3. The second kappa shape index (κ2) is 77.5. The predicted octanol–water partition coefficient (Wildman–Crippen LogP) is -3.83. The quantitative estimate of drug-likeness (QED) is 0.226. The molecule has 0 rings (SSSR count). The average molecular weight is 712 g/mol. The molecule has 0 N–H and O–H groups in total. The van der Waals surface area contributed by atoms with Crippen LogP contribution in [0.25, 0.3) is 0 Å². The Morgan fingerprint density at radius 3 is 1.00 bits per heavy atom. The molecule has 0 saturated carbocycles. The molecule has 73 valence electrons. The van der Waals surface area contributed by atoms with E-state index in [1.807, 2.05) is 0 Å². The topological polar surface area (TPSA) is 0 Å². The van der Waals surface area contributed by atoms with Crippen molar-refractivity contribution in [1.82, 2.24) is 0 Å². The molecular weight excluding hydrogens is 702 g/mol. The fourth-order valence-electron chi connectivity index (χ4n) is 0. The first-order valence-electron chi connectivity index (χ1n) is 0. The van der Waals surface area contributed by atoms with Crippen LogP contribution in [0.3, 0.4) is 0 Å². The van der Waals surface area contributed by atoms with Crippen molar-refractivity contribution in [2.24, 2.45) is 0 Å². The van der Waals surface area contributed by atoms with Gasteiger partial charge in [0, 0.05) is 115 Å². The Kier molecular flexibility index (Phi) is 847. The fraction of sp³-hybridized carbons (Fsp3) is 0. The summed E-state index contributed by atoms with van der Waals surface area (Å²) in [6.07, 6.45) is 0. The van der Waals surface area contributed by atoms with Crippen LogP contribution in [0.2, 0.25) is 0 Å². The zero-order chi connectivity index (χ0) is 0. The first-order valence-corrected chi connectivity index (χ1v) is 0. The minimum Gasteiger partial charge on any atom is -0.0149 e. The smallest absolute Gasteiger partial charge is 0 e. The predicted molar refractivity (Wildman–Crippen MR) is 31.2 cm³/mol. The maximum absolute atomic E-state index is 0. The van der Waals surface area contributed by atoms with Crippen LogP contribution in [0.1, 0.15) is 0 Å². The van der Waals surface area contributed by atoms with Crippen LogP contribution in [-0.2, 0) is 115 Å². The van der Waals surface area contributed by atoms with Gasteiger partial charge >= 0.3 is 25.8 Å². The molecule has 0 amide bonds. The van der Waals surface area contributed by atoms with Crippen LogP contribution in [-0.4, -0.2) is 45.2 Å². The van der Waals surface area contributed by atoms with Crippen molar-refractivity contribution in [2.45, 2.75) is 0 Å². The van der Waals surface area contributed by atoms with Crippen LogP contribution < -0.4 is 0 Å². The maximum atomic E-state index is 0. The van der Waals surface area contributed by atoms with Crippen molar-refractivity contribution in [3.05, 3.63) is 0 Å². The van der Waals surface area contributed by atoms with E-state index in [-0.39, 0.29) is 160 Å². The number of hydrogen-bond acceptors (Lipinski definition) is 0. The molecular formula is H10AgAuBCuFeInNiSiZn. The van der Waals surface area contributed by atoms with E-state index in [2.05, 4.69) is 0 Å². The summed E-state index contributed by atoms with van der Waals surface area (Å²) in [5, 5.41) is 0. The monoisotopic (exact) mass is 709 g/mol. The molecule has 0 fully saturated rings. The van der Waals surface area contributed by atoms with Gasteiger partial charge < -0.3 is 0 Å². The SMILES string of the molecule is B.[Ag].[Au].[Cu].[Fe].[InH3].[Ni].[SiH4].[Zn]. The van der Waals surface area contributed by atoms with Crippen molar-refractivity contribution >= 4 is 45.2 Å². The molecule has 0 heterocycles. The Hall–Kier alpha value is 4.79. The summed E-state index contributed by atoms with van der Waals surface area (Å²) in [6, 6.07) is 0. The van der Waals surface area contributed by atoms with Crippen LogP contribution in [0.5, 0.6) is 0 Å². The minimum atomic E-state index is 0. The van der Waals surface area contributed by atoms with Crippen LogP contribution in [0.4, 0.5) is 0 Å². The van der Waals surface area contributed by atoms with Gasteiger partial charge in [-0.1, -0.05) is 0 Å². The van der Waals surface area contributed by atoms with Gasteiger partial charge in [-0.25, -0.2) is 0 Å². The van der Waals surface area contributed by atoms with Crippen LogP contribution >= 0.6 is 0 Å². The van der Waals surface area contributed by atoms with Crippen molar-refractivity contribution < 1.29 is 115 Å². The van der Waals surface area contributed by atoms with E-state index in [1.54, 1.807) is 0 Å². The summed E-state index contributed by atoms with van der Waals surface area (Å²) in [5.74, 6) is 0. The van der Waals surface area contributed by atoms with E-state index in [4.69, 9.17) is 0 Å². The summed E-state index contributed by atoms with van der Waals surface area (Å²) in [7, 11) is 0. The zero-order valence-corrected chi connectivity index (χ0v) is 11.9. The van der Waals surface area contributed by atoms with Crippen molar-refractivity contribution in [3.8, 4) is 0 Å². The Morgan fingerprint density at radius 1 is 1.00 bits per heavy atom. The zero-order valence-electron chi connectivity index (χ0n) is 2.28.